The summed E-state index contributed by atoms with van der Waals surface area (Å²) in [7, 11) is -9.91. The zero-order valence-electron chi connectivity index (χ0n) is 64.3. The Kier molecular flexibility index (Phi) is 68.1. The molecule has 0 aromatic heterocycles. The van der Waals surface area contributed by atoms with Crippen molar-refractivity contribution in [3.8, 4) is 0 Å². The highest BCUT2D eigenvalue weighted by molar-refractivity contribution is 7.47. The van der Waals surface area contributed by atoms with Gasteiger partial charge in [0.2, 0.25) is 0 Å². The lowest BCUT2D eigenvalue weighted by Gasteiger charge is -2.21. The normalized spacial score (nSPS) is 14.3. The van der Waals surface area contributed by atoms with Crippen molar-refractivity contribution in [2.75, 3.05) is 39.6 Å². The van der Waals surface area contributed by atoms with Crippen LogP contribution in [0.15, 0.2) is 0 Å². The predicted molar refractivity (Wildman–Crippen MR) is 400 cm³/mol. The van der Waals surface area contributed by atoms with E-state index < -0.39 is 97.5 Å². The molecule has 3 N–H and O–H groups in total. The fourth-order valence-corrected chi connectivity index (χ4v) is 13.7. The summed E-state index contributed by atoms with van der Waals surface area (Å²) in [5, 5.41) is 10.6. The second-order valence-corrected chi connectivity index (χ2v) is 32.6. The van der Waals surface area contributed by atoms with E-state index in [0.717, 1.165) is 120 Å². The highest BCUT2D eigenvalue weighted by Crippen LogP contribution is 2.45. The highest BCUT2D eigenvalue weighted by Gasteiger charge is 2.30. The molecule has 0 fully saturated rings. The molecule has 6 atom stereocenters. The van der Waals surface area contributed by atoms with Crippen LogP contribution in [-0.4, -0.2) is 96.7 Å². The van der Waals surface area contributed by atoms with Gasteiger partial charge in [-0.25, -0.2) is 9.13 Å². The third kappa shape index (κ3) is 71.1. The number of esters is 4. The van der Waals surface area contributed by atoms with Crippen LogP contribution in [-0.2, 0) is 65.4 Å². The lowest BCUT2D eigenvalue weighted by molar-refractivity contribution is -0.161. The van der Waals surface area contributed by atoms with E-state index in [1.165, 1.54) is 205 Å². The molecule has 19 heteroatoms. The van der Waals surface area contributed by atoms with E-state index in [2.05, 4.69) is 48.5 Å². The van der Waals surface area contributed by atoms with Gasteiger partial charge in [0.15, 0.2) is 12.2 Å². The second-order valence-electron chi connectivity index (χ2n) is 29.6. The molecule has 0 heterocycles. The smallest absolute Gasteiger partial charge is 0.462 e. The van der Waals surface area contributed by atoms with E-state index in [9.17, 15) is 43.2 Å². The number of carbonyl (C=O) groups is 4. The van der Waals surface area contributed by atoms with Crippen molar-refractivity contribution in [1.29, 1.82) is 0 Å². The van der Waals surface area contributed by atoms with Crippen LogP contribution in [0, 0.1) is 17.8 Å². The van der Waals surface area contributed by atoms with Crippen LogP contribution in [0.3, 0.4) is 0 Å². The average Bonchev–Trinajstić information content (AvgIpc) is 0.938. The average molecular weight is 1440 g/mol. The Bertz CT molecular complexity index is 1910. The summed E-state index contributed by atoms with van der Waals surface area (Å²) < 4.78 is 68.5. The molecule has 0 aliphatic carbocycles. The van der Waals surface area contributed by atoms with E-state index in [0.29, 0.717) is 25.7 Å². The zero-order valence-corrected chi connectivity index (χ0v) is 66.0. The minimum Gasteiger partial charge on any atom is -0.462 e. The van der Waals surface area contributed by atoms with Crippen molar-refractivity contribution >= 4 is 39.5 Å². The van der Waals surface area contributed by atoms with Gasteiger partial charge in [-0.1, -0.05) is 357 Å². The number of phosphoric ester groups is 2. The summed E-state index contributed by atoms with van der Waals surface area (Å²) in [6, 6.07) is 0. The molecular weight excluding hydrogens is 1280 g/mol. The van der Waals surface area contributed by atoms with Gasteiger partial charge in [-0.3, -0.25) is 37.3 Å². The number of phosphoric acid groups is 2. The lowest BCUT2D eigenvalue weighted by Crippen LogP contribution is -2.30. The molecule has 582 valence electrons. The number of hydrogen-bond donors (Lipinski definition) is 3. The van der Waals surface area contributed by atoms with E-state index >= 15 is 0 Å². The fraction of sp³-hybridized carbons (Fsp3) is 0.949. The van der Waals surface area contributed by atoms with Crippen LogP contribution < -0.4 is 0 Å². The summed E-state index contributed by atoms with van der Waals surface area (Å²) in [5.74, 6) is 0.312. The minimum absolute atomic E-state index is 0.106. The molecule has 0 saturated carbocycles. The van der Waals surface area contributed by atoms with Crippen LogP contribution in [0.2, 0.25) is 0 Å². The van der Waals surface area contributed by atoms with Crippen molar-refractivity contribution in [3.63, 3.8) is 0 Å². The van der Waals surface area contributed by atoms with Crippen LogP contribution in [0.1, 0.15) is 408 Å². The van der Waals surface area contributed by atoms with Crippen molar-refractivity contribution in [1.82, 2.24) is 0 Å². The molecule has 3 unspecified atom stereocenters. The Morgan fingerprint density at radius 2 is 0.520 bits per heavy atom. The van der Waals surface area contributed by atoms with E-state index in [1.807, 2.05) is 0 Å². The second kappa shape index (κ2) is 69.4. The number of rotatable bonds is 77. The number of carbonyl (C=O) groups excluding carboxylic acids is 4. The maximum absolute atomic E-state index is 13.1. The minimum atomic E-state index is -4.96. The van der Waals surface area contributed by atoms with Gasteiger partial charge in [-0.05, 0) is 43.4 Å². The first-order valence-corrected chi connectivity index (χ1v) is 43.9. The lowest BCUT2D eigenvalue weighted by atomic mass is 9.99. The molecule has 17 nitrogen and oxygen atoms in total. The molecule has 0 aromatic rings. The summed E-state index contributed by atoms with van der Waals surface area (Å²) in [4.78, 5) is 72.8. The molecule has 0 saturated heterocycles. The molecule has 0 rings (SSSR count). The standard InChI is InChI=1S/C79H154O17P2/c1-8-10-11-12-36-46-53-60-76(81)89-66-74(95-78(83)63-56-49-42-35-29-23-22-25-31-38-44-51-58-71(5)6)68-93-97(85,86)91-64-73(80)65-92-98(87,88)94-69-75(96-79(84)62-55-48-41-34-28-21-15-13-14-18-24-30-37-43-50-57-70(3)4)67-90-77(82)61-54-47-40-33-27-20-17-16-19-26-32-39-45-52-59-72(7)9-2/h70-75,80H,8-69H2,1-7H3,(H,85,86)(H,87,88)/t72?,73-,74+,75+/m0/s1. The van der Waals surface area contributed by atoms with Crippen LogP contribution in [0.4, 0.5) is 0 Å². The summed E-state index contributed by atoms with van der Waals surface area (Å²) >= 11 is 0. The maximum Gasteiger partial charge on any atom is 0.472 e. The number of aliphatic hydroxyl groups is 1. The Labute approximate surface area is 600 Å². The molecular formula is C79H154O17P2. The van der Waals surface area contributed by atoms with E-state index in [1.54, 1.807) is 0 Å². The predicted octanol–water partition coefficient (Wildman–Crippen LogP) is 23.4. The largest absolute Gasteiger partial charge is 0.472 e. The zero-order chi connectivity index (χ0) is 72.3. The van der Waals surface area contributed by atoms with Crippen LogP contribution in [0.5, 0.6) is 0 Å². The Hall–Kier alpha value is -1.94. The first-order valence-electron chi connectivity index (χ1n) is 40.9. The first-order chi connectivity index (χ1) is 47.3. The van der Waals surface area contributed by atoms with Crippen LogP contribution >= 0.6 is 15.6 Å². The molecule has 0 aromatic carbocycles. The SMILES string of the molecule is CCCCCCCCCC(=O)OC[C@H](COP(=O)(O)OC[C@H](O)COP(=O)(O)OC[C@@H](COC(=O)CCCCCCCCCCCCCCCCC(C)CC)OC(=O)CCCCCCCCCCCCCCCCCC(C)C)OC(=O)CCCCCCCCCCCCCCC(C)C. The van der Waals surface area contributed by atoms with E-state index in [4.69, 9.17) is 37.0 Å². The Morgan fingerprint density at radius 3 is 0.776 bits per heavy atom. The summed E-state index contributed by atoms with van der Waals surface area (Å²) in [6.45, 7) is 12.0. The molecule has 0 amide bonds. The Morgan fingerprint density at radius 1 is 0.296 bits per heavy atom. The monoisotopic (exact) mass is 1440 g/mol. The van der Waals surface area contributed by atoms with Gasteiger partial charge in [0.25, 0.3) is 0 Å². The summed E-state index contributed by atoms with van der Waals surface area (Å²) in [5.41, 5.74) is 0. The molecule has 0 radical (unpaired) electrons. The van der Waals surface area contributed by atoms with Crippen molar-refractivity contribution < 1.29 is 80.2 Å². The maximum atomic E-state index is 13.1. The molecule has 0 aliphatic rings. The highest BCUT2D eigenvalue weighted by atomic mass is 31.2. The first kappa shape index (κ1) is 96.1. The third-order valence-electron chi connectivity index (χ3n) is 18.7. The van der Waals surface area contributed by atoms with Gasteiger partial charge in [0.05, 0.1) is 26.4 Å². The number of aliphatic hydroxyl groups excluding tert-OH is 1. The van der Waals surface area contributed by atoms with Gasteiger partial charge >= 0.3 is 39.5 Å². The van der Waals surface area contributed by atoms with Crippen molar-refractivity contribution in [2.45, 2.75) is 426 Å². The van der Waals surface area contributed by atoms with Gasteiger partial charge < -0.3 is 33.8 Å². The fourth-order valence-electron chi connectivity index (χ4n) is 12.1. The molecule has 0 aliphatic heterocycles. The topological polar surface area (TPSA) is 237 Å². The van der Waals surface area contributed by atoms with Crippen LogP contribution in [0.25, 0.3) is 0 Å². The number of unbranched alkanes of at least 4 members (excludes halogenated alkanes) is 44. The van der Waals surface area contributed by atoms with Gasteiger partial charge in [-0.2, -0.15) is 0 Å². The Balaban J connectivity index is 5.19. The molecule has 98 heavy (non-hydrogen) atoms. The number of hydrogen-bond acceptors (Lipinski definition) is 15. The molecule has 0 spiro atoms. The number of ether oxygens (including phenoxy) is 4. The van der Waals surface area contributed by atoms with Gasteiger partial charge in [0, 0.05) is 25.7 Å². The molecule has 0 bridgehead atoms. The summed E-state index contributed by atoms with van der Waals surface area (Å²) in [6.07, 6.45) is 56.9. The van der Waals surface area contributed by atoms with E-state index in [-0.39, 0.29) is 25.7 Å². The van der Waals surface area contributed by atoms with Gasteiger partial charge in [-0.15, -0.1) is 0 Å². The quantitative estimate of drug-likeness (QED) is 0.0222. The third-order valence-corrected chi connectivity index (χ3v) is 20.6. The van der Waals surface area contributed by atoms with Gasteiger partial charge in [0.1, 0.15) is 19.3 Å². The van der Waals surface area contributed by atoms with Crippen molar-refractivity contribution in [2.24, 2.45) is 17.8 Å². The van der Waals surface area contributed by atoms with Crippen molar-refractivity contribution in [3.05, 3.63) is 0 Å².